The molecule has 1 N–H and O–H groups in total. The Morgan fingerprint density at radius 1 is 1.13 bits per heavy atom. The summed E-state index contributed by atoms with van der Waals surface area (Å²) in [5.41, 5.74) is 2.43. The topological polar surface area (TPSA) is 62.3 Å². The SMILES string of the molecule is CC#CC(=O)N(c1ccc(C(C)(C)C)cc1)C(C(=O)NC1CCCC1)c1cccnc1. The Balaban J connectivity index is 2.05. The van der Waals surface area contributed by atoms with Crippen LogP contribution in [0.15, 0.2) is 48.8 Å². The summed E-state index contributed by atoms with van der Waals surface area (Å²) >= 11 is 0. The van der Waals surface area contributed by atoms with Crippen LogP contribution < -0.4 is 10.2 Å². The molecule has 31 heavy (non-hydrogen) atoms. The van der Waals surface area contributed by atoms with Crippen molar-refractivity contribution in [3.05, 3.63) is 59.9 Å². The number of rotatable bonds is 5. The molecule has 1 aliphatic carbocycles. The van der Waals surface area contributed by atoms with Gasteiger partial charge >= 0.3 is 5.91 Å². The molecule has 0 radical (unpaired) electrons. The molecule has 0 bridgehead atoms. The lowest BCUT2D eigenvalue weighted by Gasteiger charge is -2.31. The molecule has 3 rings (SSSR count). The van der Waals surface area contributed by atoms with Crippen LogP contribution >= 0.6 is 0 Å². The Labute approximate surface area is 185 Å². The van der Waals surface area contributed by atoms with E-state index in [4.69, 9.17) is 0 Å². The number of nitrogens with zero attached hydrogens (tertiary/aromatic N) is 2. The van der Waals surface area contributed by atoms with Crippen molar-refractivity contribution in [1.82, 2.24) is 10.3 Å². The minimum Gasteiger partial charge on any atom is -0.351 e. The Morgan fingerprint density at radius 3 is 2.35 bits per heavy atom. The van der Waals surface area contributed by atoms with Crippen molar-refractivity contribution in [2.45, 2.75) is 70.9 Å². The van der Waals surface area contributed by atoms with Crippen molar-refractivity contribution in [3.63, 3.8) is 0 Å². The van der Waals surface area contributed by atoms with Crippen LogP contribution in [0.5, 0.6) is 0 Å². The highest BCUT2D eigenvalue weighted by atomic mass is 16.2. The number of pyridine rings is 1. The number of aromatic nitrogens is 1. The van der Waals surface area contributed by atoms with Crippen LogP contribution in [0, 0.1) is 11.8 Å². The predicted molar refractivity (Wildman–Crippen MR) is 123 cm³/mol. The maximum Gasteiger partial charge on any atom is 0.303 e. The highest BCUT2D eigenvalue weighted by Crippen LogP contribution is 2.31. The normalized spacial score (nSPS) is 15.0. The number of amides is 2. The van der Waals surface area contributed by atoms with Gasteiger partial charge in [0.25, 0.3) is 0 Å². The largest absolute Gasteiger partial charge is 0.351 e. The average molecular weight is 418 g/mol. The van der Waals surface area contributed by atoms with Crippen molar-refractivity contribution in [3.8, 4) is 11.8 Å². The third kappa shape index (κ3) is 5.52. The van der Waals surface area contributed by atoms with Crippen LogP contribution in [0.2, 0.25) is 0 Å². The van der Waals surface area contributed by atoms with Crippen molar-refractivity contribution >= 4 is 17.5 Å². The van der Waals surface area contributed by atoms with Gasteiger partial charge in [-0.2, -0.15) is 0 Å². The molecule has 1 unspecified atom stereocenters. The Kier molecular flexibility index (Phi) is 7.12. The van der Waals surface area contributed by atoms with Gasteiger partial charge in [-0.1, -0.05) is 57.7 Å². The molecule has 5 heteroatoms. The van der Waals surface area contributed by atoms with E-state index in [1.807, 2.05) is 30.3 Å². The molecule has 1 heterocycles. The van der Waals surface area contributed by atoms with Crippen molar-refractivity contribution in [2.24, 2.45) is 0 Å². The van der Waals surface area contributed by atoms with Gasteiger partial charge in [-0.3, -0.25) is 19.5 Å². The van der Waals surface area contributed by atoms with E-state index >= 15 is 0 Å². The van der Waals surface area contributed by atoms with Gasteiger partial charge in [0.15, 0.2) is 0 Å². The molecule has 1 aromatic heterocycles. The molecule has 1 aliphatic rings. The number of hydrogen-bond acceptors (Lipinski definition) is 3. The summed E-state index contributed by atoms with van der Waals surface area (Å²) in [4.78, 5) is 32.3. The predicted octanol–water partition coefficient (Wildman–Crippen LogP) is 4.54. The van der Waals surface area contributed by atoms with Crippen LogP contribution in [0.25, 0.3) is 0 Å². The number of nitrogens with one attached hydrogen (secondary N) is 1. The zero-order chi connectivity index (χ0) is 22.4. The summed E-state index contributed by atoms with van der Waals surface area (Å²) in [6.45, 7) is 8.04. The van der Waals surface area contributed by atoms with E-state index < -0.39 is 11.9 Å². The fourth-order valence-corrected chi connectivity index (χ4v) is 3.98. The zero-order valence-corrected chi connectivity index (χ0v) is 18.8. The zero-order valence-electron chi connectivity index (χ0n) is 18.8. The quantitative estimate of drug-likeness (QED) is 0.727. The number of carbonyl (C=O) groups excluding carboxylic acids is 2. The first kappa shape index (κ1) is 22.6. The summed E-state index contributed by atoms with van der Waals surface area (Å²) in [6, 6.07) is 10.7. The standard InChI is InChI=1S/C26H31N3O2/c1-5-9-23(30)29(22-15-13-20(14-16-22)26(2,3)4)24(19-10-8-17-27-18-19)25(31)28-21-11-6-7-12-21/h8,10,13-18,21,24H,6-7,11-12H2,1-4H3,(H,28,31). The minimum atomic E-state index is -0.844. The van der Waals surface area contributed by atoms with E-state index in [0.717, 1.165) is 31.2 Å². The summed E-state index contributed by atoms with van der Waals surface area (Å²) < 4.78 is 0. The molecule has 0 spiro atoms. The number of hydrogen-bond donors (Lipinski definition) is 1. The maximum absolute atomic E-state index is 13.5. The number of carbonyl (C=O) groups is 2. The molecule has 2 amide bonds. The fourth-order valence-electron chi connectivity index (χ4n) is 3.98. The van der Waals surface area contributed by atoms with E-state index in [0.29, 0.717) is 11.3 Å². The van der Waals surface area contributed by atoms with Gasteiger partial charge in [0.1, 0.15) is 6.04 Å². The molecule has 1 saturated carbocycles. The van der Waals surface area contributed by atoms with Crippen molar-refractivity contribution < 1.29 is 9.59 Å². The highest BCUT2D eigenvalue weighted by molar-refractivity contribution is 6.10. The van der Waals surface area contributed by atoms with Gasteiger partial charge in [-0.05, 0) is 54.9 Å². The Morgan fingerprint density at radius 2 is 1.81 bits per heavy atom. The molecule has 0 aliphatic heterocycles. The lowest BCUT2D eigenvalue weighted by atomic mass is 9.87. The van der Waals surface area contributed by atoms with Crippen molar-refractivity contribution in [2.75, 3.05) is 4.90 Å². The van der Waals surface area contributed by atoms with Gasteiger partial charge in [-0.15, -0.1) is 0 Å². The third-order valence-corrected chi connectivity index (χ3v) is 5.67. The van der Waals surface area contributed by atoms with Gasteiger partial charge in [-0.25, -0.2) is 0 Å². The van der Waals surface area contributed by atoms with E-state index in [1.165, 1.54) is 4.90 Å². The molecule has 5 nitrogen and oxygen atoms in total. The first-order valence-electron chi connectivity index (χ1n) is 10.9. The third-order valence-electron chi connectivity index (χ3n) is 5.67. The summed E-state index contributed by atoms with van der Waals surface area (Å²) in [7, 11) is 0. The molecule has 1 atom stereocenters. The Hall–Kier alpha value is -3.13. The van der Waals surface area contributed by atoms with Gasteiger partial charge in [0, 0.05) is 29.7 Å². The van der Waals surface area contributed by atoms with Gasteiger partial charge in [0.2, 0.25) is 5.91 Å². The lowest BCUT2D eigenvalue weighted by Crippen LogP contribution is -2.46. The van der Waals surface area contributed by atoms with Crippen LogP contribution in [0.4, 0.5) is 5.69 Å². The van der Waals surface area contributed by atoms with Gasteiger partial charge in [0.05, 0.1) is 0 Å². The van der Waals surface area contributed by atoms with Crippen LogP contribution in [0.1, 0.15) is 70.5 Å². The second-order valence-electron chi connectivity index (χ2n) is 9.03. The number of benzene rings is 1. The molecule has 1 fully saturated rings. The molecule has 0 saturated heterocycles. The maximum atomic E-state index is 13.5. The first-order valence-corrected chi connectivity index (χ1v) is 10.9. The summed E-state index contributed by atoms with van der Waals surface area (Å²) in [6.07, 6.45) is 7.46. The van der Waals surface area contributed by atoms with Gasteiger partial charge < -0.3 is 5.32 Å². The van der Waals surface area contributed by atoms with Crippen LogP contribution in [-0.4, -0.2) is 22.8 Å². The summed E-state index contributed by atoms with van der Waals surface area (Å²) in [5, 5.41) is 3.15. The molecule has 162 valence electrons. The lowest BCUT2D eigenvalue weighted by molar-refractivity contribution is -0.125. The van der Waals surface area contributed by atoms with E-state index in [1.54, 1.807) is 25.4 Å². The molecule has 2 aromatic rings. The van der Waals surface area contributed by atoms with E-state index in [2.05, 4.69) is 42.9 Å². The number of anilines is 1. The average Bonchev–Trinajstić information content (AvgIpc) is 3.25. The second-order valence-corrected chi connectivity index (χ2v) is 9.03. The smallest absolute Gasteiger partial charge is 0.303 e. The summed E-state index contributed by atoms with van der Waals surface area (Å²) in [5.74, 6) is 4.69. The fraction of sp³-hybridized carbons (Fsp3) is 0.423. The van der Waals surface area contributed by atoms with E-state index in [-0.39, 0.29) is 17.4 Å². The van der Waals surface area contributed by atoms with Crippen LogP contribution in [-0.2, 0) is 15.0 Å². The van der Waals surface area contributed by atoms with Crippen molar-refractivity contribution in [1.29, 1.82) is 0 Å². The van der Waals surface area contributed by atoms with E-state index in [9.17, 15) is 9.59 Å². The highest BCUT2D eigenvalue weighted by Gasteiger charge is 2.34. The molecular weight excluding hydrogens is 386 g/mol. The minimum absolute atomic E-state index is 0.0147. The van der Waals surface area contributed by atoms with Crippen LogP contribution in [0.3, 0.4) is 0 Å². The Bertz CT molecular complexity index is 960. The second kappa shape index (κ2) is 9.78. The first-order chi connectivity index (χ1) is 14.8. The molecular formula is C26H31N3O2. The molecule has 1 aromatic carbocycles. The monoisotopic (exact) mass is 417 g/mol.